The summed E-state index contributed by atoms with van der Waals surface area (Å²) in [5, 5.41) is 10.4. The molecule has 0 spiro atoms. The third-order valence-electron chi connectivity index (χ3n) is 3.49. The predicted octanol–water partition coefficient (Wildman–Crippen LogP) is 1.85. The Hall–Kier alpha value is -0.680. The van der Waals surface area contributed by atoms with Crippen LogP contribution in [0.3, 0.4) is 0 Å². The molecule has 2 aliphatic rings. The number of piperidine rings is 1. The van der Waals surface area contributed by atoms with E-state index in [2.05, 4.69) is 22.0 Å². The Morgan fingerprint density at radius 2 is 2.31 bits per heavy atom. The number of fused-ring (bicyclic) bond motifs is 1. The van der Waals surface area contributed by atoms with Gasteiger partial charge in [-0.05, 0) is 26.7 Å². The molecule has 0 aliphatic carbocycles. The lowest BCUT2D eigenvalue weighted by Gasteiger charge is -2.33. The molecule has 0 amide bonds. The van der Waals surface area contributed by atoms with Crippen LogP contribution in [0.15, 0.2) is 0 Å². The van der Waals surface area contributed by atoms with Crippen LogP contribution >= 0.6 is 11.3 Å². The van der Waals surface area contributed by atoms with Crippen molar-refractivity contribution in [3.63, 3.8) is 0 Å². The minimum atomic E-state index is 0.436. The lowest BCUT2D eigenvalue weighted by molar-refractivity contribution is 0.0347. The molecular formula is C11H17N3OS. The third kappa shape index (κ3) is 1.82. The minimum absolute atomic E-state index is 0.436. The number of hydrogen-bond donors (Lipinski definition) is 0. The number of aromatic nitrogens is 2. The van der Waals surface area contributed by atoms with E-state index in [1.54, 1.807) is 11.3 Å². The molecule has 3 atom stereocenters. The van der Waals surface area contributed by atoms with Gasteiger partial charge in [0.1, 0.15) is 5.01 Å². The highest BCUT2D eigenvalue weighted by Gasteiger charge is 2.37. The Kier molecular flexibility index (Phi) is 2.59. The van der Waals surface area contributed by atoms with Gasteiger partial charge in [-0.25, -0.2) is 0 Å². The van der Waals surface area contributed by atoms with Crippen molar-refractivity contribution in [1.82, 2.24) is 10.2 Å². The number of hydrogen-bond acceptors (Lipinski definition) is 5. The number of anilines is 1. The fourth-order valence-corrected chi connectivity index (χ4v) is 3.51. The monoisotopic (exact) mass is 239 g/mol. The van der Waals surface area contributed by atoms with Gasteiger partial charge in [-0.1, -0.05) is 11.3 Å². The highest BCUT2D eigenvalue weighted by Crippen LogP contribution is 2.35. The maximum absolute atomic E-state index is 5.90. The highest BCUT2D eigenvalue weighted by atomic mass is 32.1. The summed E-state index contributed by atoms with van der Waals surface area (Å²) in [6, 6.07) is 0. The fourth-order valence-electron chi connectivity index (χ4n) is 2.78. The van der Waals surface area contributed by atoms with E-state index in [1.807, 2.05) is 6.92 Å². The van der Waals surface area contributed by atoms with Gasteiger partial charge in [0, 0.05) is 19.0 Å². The minimum Gasteiger partial charge on any atom is -0.375 e. The average Bonchev–Trinajstić information content (AvgIpc) is 2.81. The van der Waals surface area contributed by atoms with E-state index in [-0.39, 0.29) is 0 Å². The van der Waals surface area contributed by atoms with Crippen molar-refractivity contribution in [2.24, 2.45) is 5.92 Å². The van der Waals surface area contributed by atoms with Crippen LogP contribution in [0.25, 0.3) is 0 Å². The largest absolute Gasteiger partial charge is 0.375 e. The first kappa shape index (κ1) is 10.5. The lowest BCUT2D eigenvalue weighted by atomic mass is 9.93. The molecule has 0 aromatic carbocycles. The van der Waals surface area contributed by atoms with Gasteiger partial charge in [0.2, 0.25) is 5.13 Å². The van der Waals surface area contributed by atoms with Gasteiger partial charge >= 0.3 is 0 Å². The molecule has 0 unspecified atom stereocenters. The molecule has 2 saturated heterocycles. The van der Waals surface area contributed by atoms with E-state index < -0.39 is 0 Å². The lowest BCUT2D eigenvalue weighted by Crippen LogP contribution is -2.41. The van der Waals surface area contributed by atoms with Crippen molar-refractivity contribution in [3.05, 3.63) is 5.01 Å². The Morgan fingerprint density at radius 1 is 1.44 bits per heavy atom. The standard InChI is InChI=1S/C11H17N3OS/c1-7-5-9-6-14(4-3-10(9)15-7)11-13-12-8(2)16-11/h7,9-10H,3-6H2,1-2H3/t7-,9-,10+/m0/s1. The van der Waals surface area contributed by atoms with Gasteiger partial charge in [0.25, 0.3) is 0 Å². The van der Waals surface area contributed by atoms with E-state index in [4.69, 9.17) is 4.74 Å². The molecule has 2 fully saturated rings. The Balaban J connectivity index is 1.71. The first-order chi connectivity index (χ1) is 7.72. The normalized spacial score (nSPS) is 34.1. The van der Waals surface area contributed by atoms with E-state index in [9.17, 15) is 0 Å². The molecular weight excluding hydrogens is 222 g/mol. The number of ether oxygens (including phenoxy) is 1. The smallest absolute Gasteiger partial charge is 0.208 e. The van der Waals surface area contributed by atoms with E-state index in [1.165, 1.54) is 6.42 Å². The fraction of sp³-hybridized carbons (Fsp3) is 0.818. The van der Waals surface area contributed by atoms with Gasteiger partial charge in [-0.2, -0.15) is 0 Å². The maximum Gasteiger partial charge on any atom is 0.208 e. The second kappa shape index (κ2) is 3.96. The van der Waals surface area contributed by atoms with Crippen LogP contribution in [0.4, 0.5) is 5.13 Å². The zero-order valence-electron chi connectivity index (χ0n) is 9.72. The molecule has 1 aromatic rings. The van der Waals surface area contributed by atoms with E-state index in [0.717, 1.165) is 29.6 Å². The maximum atomic E-state index is 5.90. The molecule has 2 aliphatic heterocycles. The third-order valence-corrected chi connectivity index (χ3v) is 4.39. The van der Waals surface area contributed by atoms with Crippen LogP contribution in [-0.2, 0) is 4.74 Å². The molecule has 0 saturated carbocycles. The summed E-state index contributed by atoms with van der Waals surface area (Å²) in [7, 11) is 0. The van der Waals surface area contributed by atoms with Crippen LogP contribution in [0.2, 0.25) is 0 Å². The van der Waals surface area contributed by atoms with Crippen LogP contribution in [-0.4, -0.2) is 35.5 Å². The van der Waals surface area contributed by atoms with Crippen molar-refractivity contribution >= 4 is 16.5 Å². The Labute approximate surface area is 99.6 Å². The average molecular weight is 239 g/mol. The van der Waals surface area contributed by atoms with E-state index in [0.29, 0.717) is 18.1 Å². The number of nitrogens with zero attached hydrogens (tertiary/aromatic N) is 3. The molecule has 0 N–H and O–H groups in total. The highest BCUT2D eigenvalue weighted by molar-refractivity contribution is 7.15. The van der Waals surface area contributed by atoms with Crippen LogP contribution < -0.4 is 4.90 Å². The predicted molar refractivity (Wildman–Crippen MR) is 63.9 cm³/mol. The van der Waals surface area contributed by atoms with Crippen LogP contribution in [0.5, 0.6) is 0 Å². The van der Waals surface area contributed by atoms with Crippen molar-refractivity contribution in [3.8, 4) is 0 Å². The number of aryl methyl sites for hydroxylation is 1. The van der Waals surface area contributed by atoms with Crippen molar-refractivity contribution in [1.29, 1.82) is 0 Å². The van der Waals surface area contributed by atoms with Gasteiger partial charge in [-0.15, -0.1) is 10.2 Å². The quantitative estimate of drug-likeness (QED) is 0.749. The summed E-state index contributed by atoms with van der Waals surface area (Å²) < 4.78 is 5.90. The van der Waals surface area contributed by atoms with Crippen molar-refractivity contribution in [2.75, 3.05) is 18.0 Å². The van der Waals surface area contributed by atoms with Crippen LogP contribution in [0, 0.1) is 12.8 Å². The molecule has 3 heterocycles. The molecule has 0 bridgehead atoms. The summed E-state index contributed by atoms with van der Waals surface area (Å²) in [6.45, 7) is 6.33. The van der Waals surface area contributed by atoms with Crippen LogP contribution in [0.1, 0.15) is 24.8 Å². The van der Waals surface area contributed by atoms with Gasteiger partial charge in [0.15, 0.2) is 0 Å². The van der Waals surface area contributed by atoms with Gasteiger partial charge in [0.05, 0.1) is 12.2 Å². The van der Waals surface area contributed by atoms with Gasteiger partial charge < -0.3 is 9.64 Å². The SMILES string of the molecule is Cc1nnc(N2CC[C@H]3O[C@@H](C)C[C@H]3C2)s1. The summed E-state index contributed by atoms with van der Waals surface area (Å²) in [5.41, 5.74) is 0. The van der Waals surface area contributed by atoms with E-state index >= 15 is 0 Å². The van der Waals surface area contributed by atoms with Crippen molar-refractivity contribution < 1.29 is 4.74 Å². The molecule has 3 rings (SSSR count). The molecule has 1 aromatic heterocycles. The molecule has 0 radical (unpaired) electrons. The number of rotatable bonds is 1. The Bertz CT molecular complexity index is 381. The second-order valence-electron chi connectivity index (χ2n) is 4.82. The zero-order chi connectivity index (χ0) is 11.1. The van der Waals surface area contributed by atoms with Gasteiger partial charge in [-0.3, -0.25) is 0 Å². The topological polar surface area (TPSA) is 38.2 Å². The molecule has 5 heteroatoms. The summed E-state index contributed by atoms with van der Waals surface area (Å²) in [6.07, 6.45) is 3.25. The molecule has 4 nitrogen and oxygen atoms in total. The summed E-state index contributed by atoms with van der Waals surface area (Å²) in [4.78, 5) is 2.37. The first-order valence-electron chi connectivity index (χ1n) is 5.93. The van der Waals surface area contributed by atoms with Crippen molar-refractivity contribution in [2.45, 2.75) is 38.9 Å². The second-order valence-corrected chi connectivity index (χ2v) is 5.98. The first-order valence-corrected chi connectivity index (χ1v) is 6.74. The zero-order valence-corrected chi connectivity index (χ0v) is 10.5. The summed E-state index contributed by atoms with van der Waals surface area (Å²) >= 11 is 1.69. The molecule has 16 heavy (non-hydrogen) atoms. The molecule has 88 valence electrons. The summed E-state index contributed by atoms with van der Waals surface area (Å²) in [5.74, 6) is 0.688. The Morgan fingerprint density at radius 3 is 3.06 bits per heavy atom.